The molecule has 0 radical (unpaired) electrons. The molecule has 0 atom stereocenters. The van der Waals surface area contributed by atoms with Crippen molar-refractivity contribution in [1.29, 1.82) is 0 Å². The summed E-state index contributed by atoms with van der Waals surface area (Å²) in [6.07, 6.45) is 0. The molecule has 0 amide bonds. The molecule has 0 N–H and O–H groups in total. The Morgan fingerprint density at radius 3 is 1.18 bits per heavy atom. The maximum atomic E-state index is 3.74. The van der Waals surface area contributed by atoms with Gasteiger partial charge < -0.3 is 0 Å². The second-order valence-corrected chi connectivity index (χ2v) is 24.4. The van der Waals surface area contributed by atoms with Crippen LogP contribution in [0, 0.1) is 46.6 Å². The summed E-state index contributed by atoms with van der Waals surface area (Å²) in [5.41, 5.74) is 11.2. The topological polar surface area (TPSA) is 0 Å². The van der Waals surface area contributed by atoms with E-state index in [0.717, 1.165) is 31.2 Å². The maximum absolute atomic E-state index is 3.74. The summed E-state index contributed by atoms with van der Waals surface area (Å²) in [7, 11) is -3.64. The van der Waals surface area contributed by atoms with Gasteiger partial charge in [0.15, 0.2) is 0 Å². The normalized spacial score (nSPS) is 12.3. The first-order chi connectivity index (χ1) is 17.3. The highest BCUT2D eigenvalue weighted by Gasteiger charge is 2.41. The van der Waals surface area contributed by atoms with Gasteiger partial charge in [-0.25, -0.2) is 0 Å². The average molecular weight is 669 g/mol. The highest BCUT2D eigenvalue weighted by atomic mass is 79.9. The molecule has 202 valence electrons. The van der Waals surface area contributed by atoms with Crippen LogP contribution in [0.4, 0.5) is 0 Å². The second kappa shape index (κ2) is 12.4. The van der Waals surface area contributed by atoms with Crippen LogP contribution in [0.15, 0.2) is 45.3 Å². The van der Waals surface area contributed by atoms with Crippen LogP contribution in [0.25, 0.3) is 0 Å². The fourth-order valence-corrected chi connectivity index (χ4v) is 9.20. The summed E-state index contributed by atoms with van der Waals surface area (Å²) in [5.74, 6) is 15.1. The fourth-order valence-electron chi connectivity index (χ4n) is 3.85. The molecular formula is C34H44Br2Si2. The molecule has 4 heteroatoms. The minimum atomic E-state index is -1.82. The Morgan fingerprint density at radius 2 is 0.895 bits per heavy atom. The van der Waals surface area contributed by atoms with Crippen molar-refractivity contribution >= 4 is 48.0 Å². The molecule has 0 saturated carbocycles. The van der Waals surface area contributed by atoms with E-state index < -0.39 is 16.1 Å². The molecule has 0 aliphatic rings. The highest BCUT2D eigenvalue weighted by Crippen LogP contribution is 2.44. The van der Waals surface area contributed by atoms with E-state index in [-0.39, 0.29) is 10.1 Å². The minimum absolute atomic E-state index is 0.210. The summed E-state index contributed by atoms with van der Waals surface area (Å²) in [4.78, 5) is 0. The zero-order valence-electron chi connectivity index (χ0n) is 25.4. The molecule has 0 spiro atoms. The number of benzene rings is 2. The molecule has 2 rings (SSSR count). The average Bonchev–Trinajstić information content (AvgIpc) is 2.81. The van der Waals surface area contributed by atoms with E-state index in [1.165, 1.54) is 0 Å². The second-order valence-electron chi connectivity index (χ2n) is 13.1. The lowest BCUT2D eigenvalue weighted by Gasteiger charge is -2.39. The molecule has 0 nitrogen and oxygen atoms in total. The highest BCUT2D eigenvalue weighted by molar-refractivity contribution is 9.10. The van der Waals surface area contributed by atoms with Gasteiger partial charge in [0.25, 0.3) is 0 Å². The monoisotopic (exact) mass is 666 g/mol. The van der Waals surface area contributed by atoms with Gasteiger partial charge in [-0.3, -0.25) is 0 Å². The number of rotatable bonds is 4. The molecule has 0 aromatic heterocycles. The first-order valence-corrected chi connectivity index (χ1v) is 21.1. The van der Waals surface area contributed by atoms with Crippen molar-refractivity contribution in [3.05, 3.63) is 67.6 Å². The third-order valence-electron chi connectivity index (χ3n) is 9.47. The van der Waals surface area contributed by atoms with E-state index in [2.05, 4.69) is 160 Å². The molecule has 0 aliphatic heterocycles. The standard InChI is InChI=1S/C34H44Br2Si2/c1-25(2)33(5,6)37(9,10)23-21-27-15-13-17-31(35)29(27)19-20-30-28(16-14-18-32(30)36)22-24-38(11,12)34(7,8)26(3)4/h13-18,25-26H,1-12H3. The Hall–Kier alpha value is -1.49. The van der Waals surface area contributed by atoms with Gasteiger partial charge in [-0.1, -0.05) is 117 Å². The Labute approximate surface area is 252 Å². The predicted molar refractivity (Wildman–Crippen MR) is 181 cm³/mol. The molecule has 0 fully saturated rings. The van der Waals surface area contributed by atoms with E-state index in [9.17, 15) is 0 Å². The van der Waals surface area contributed by atoms with E-state index >= 15 is 0 Å². The van der Waals surface area contributed by atoms with Gasteiger partial charge in [-0.05, 0) is 78.0 Å². The Kier molecular flexibility index (Phi) is 10.6. The maximum Gasteiger partial charge on any atom is 0.138 e. The van der Waals surface area contributed by atoms with Crippen molar-refractivity contribution < 1.29 is 0 Å². The van der Waals surface area contributed by atoms with Crippen LogP contribution in [0.5, 0.6) is 0 Å². The summed E-state index contributed by atoms with van der Waals surface area (Å²) < 4.78 is 1.93. The zero-order valence-corrected chi connectivity index (χ0v) is 30.5. The van der Waals surface area contributed by atoms with Crippen LogP contribution in [0.3, 0.4) is 0 Å². The van der Waals surface area contributed by atoms with Crippen molar-refractivity contribution in [2.24, 2.45) is 11.8 Å². The Balaban J connectivity index is 2.61. The lowest BCUT2D eigenvalue weighted by molar-refractivity contribution is 0.462. The van der Waals surface area contributed by atoms with Crippen molar-refractivity contribution in [3.63, 3.8) is 0 Å². The van der Waals surface area contributed by atoms with Gasteiger partial charge >= 0.3 is 0 Å². The van der Waals surface area contributed by atoms with Crippen LogP contribution in [0.2, 0.25) is 36.3 Å². The largest absolute Gasteiger partial charge is 0.138 e. The zero-order chi connectivity index (χ0) is 29.1. The smallest absolute Gasteiger partial charge is 0.126 e. The molecular weight excluding hydrogens is 624 g/mol. The molecule has 0 unspecified atom stereocenters. The van der Waals surface area contributed by atoms with E-state index in [4.69, 9.17) is 0 Å². The molecule has 0 aliphatic carbocycles. The van der Waals surface area contributed by atoms with Crippen LogP contribution in [0.1, 0.15) is 77.6 Å². The number of halogens is 2. The van der Waals surface area contributed by atoms with E-state index in [0.29, 0.717) is 11.8 Å². The van der Waals surface area contributed by atoms with Crippen molar-refractivity contribution in [3.8, 4) is 34.8 Å². The first kappa shape index (κ1) is 32.7. The van der Waals surface area contributed by atoms with Gasteiger partial charge in [-0.2, -0.15) is 0 Å². The third kappa shape index (κ3) is 7.17. The van der Waals surface area contributed by atoms with Crippen molar-refractivity contribution in [2.45, 2.75) is 91.7 Å². The van der Waals surface area contributed by atoms with E-state index in [1.807, 2.05) is 24.3 Å². The molecule has 38 heavy (non-hydrogen) atoms. The number of hydrogen-bond donors (Lipinski definition) is 0. The summed E-state index contributed by atoms with van der Waals surface area (Å²) >= 11 is 7.48. The molecule has 2 aromatic rings. The van der Waals surface area contributed by atoms with Crippen LogP contribution in [-0.4, -0.2) is 16.1 Å². The molecule has 0 bridgehead atoms. The quantitative estimate of drug-likeness (QED) is 0.225. The van der Waals surface area contributed by atoms with Crippen molar-refractivity contribution in [2.75, 3.05) is 0 Å². The summed E-state index contributed by atoms with van der Waals surface area (Å²) in [5, 5.41) is 0.420. The third-order valence-corrected chi connectivity index (χ3v) is 19.9. The van der Waals surface area contributed by atoms with Crippen molar-refractivity contribution in [1.82, 2.24) is 0 Å². The fraction of sp³-hybridized carbons (Fsp3) is 0.471. The Morgan fingerprint density at radius 1 is 0.579 bits per heavy atom. The van der Waals surface area contributed by atoms with Gasteiger partial charge in [0.2, 0.25) is 0 Å². The van der Waals surface area contributed by atoms with Gasteiger partial charge in [0, 0.05) is 20.1 Å². The SMILES string of the molecule is CC(C)C(C)(C)[Si](C)(C)C#Cc1cccc(Br)c1C#Cc1c(Br)cccc1C#C[Si](C)(C)C(C)(C)C(C)C. The lowest BCUT2D eigenvalue weighted by Crippen LogP contribution is -2.41. The summed E-state index contributed by atoms with van der Waals surface area (Å²) in [6.45, 7) is 28.2. The van der Waals surface area contributed by atoms with Gasteiger partial charge in [0.1, 0.15) is 16.1 Å². The van der Waals surface area contributed by atoms with Crippen LogP contribution < -0.4 is 0 Å². The Bertz CT molecular complexity index is 1250. The molecule has 0 saturated heterocycles. The number of hydrogen-bond acceptors (Lipinski definition) is 0. The lowest BCUT2D eigenvalue weighted by atomic mass is 9.99. The molecule has 0 heterocycles. The minimum Gasteiger partial charge on any atom is -0.126 e. The molecule has 2 aromatic carbocycles. The van der Waals surface area contributed by atoms with Gasteiger partial charge in [-0.15, -0.1) is 11.1 Å². The summed E-state index contributed by atoms with van der Waals surface area (Å²) in [6, 6.07) is 12.3. The predicted octanol–water partition coefficient (Wildman–Crippen LogP) is 10.7. The van der Waals surface area contributed by atoms with Crippen LogP contribution in [-0.2, 0) is 0 Å². The van der Waals surface area contributed by atoms with Crippen LogP contribution >= 0.6 is 31.9 Å². The van der Waals surface area contributed by atoms with Gasteiger partial charge in [0.05, 0.1) is 11.1 Å². The van der Waals surface area contributed by atoms with E-state index in [1.54, 1.807) is 0 Å². The first-order valence-electron chi connectivity index (χ1n) is 13.5.